The van der Waals surface area contributed by atoms with Crippen molar-refractivity contribution in [3.05, 3.63) is 60.0 Å². The van der Waals surface area contributed by atoms with Crippen LogP contribution in [0, 0.1) is 0 Å². The third-order valence-corrected chi connectivity index (χ3v) is 4.40. The second kappa shape index (κ2) is 6.10. The fraction of sp³-hybridized carbons (Fsp3) is 0.333. The van der Waals surface area contributed by atoms with E-state index < -0.39 is 0 Å². The predicted octanol–water partition coefficient (Wildman–Crippen LogP) is 2.46. The summed E-state index contributed by atoms with van der Waals surface area (Å²) in [6.45, 7) is 3.37. The normalized spacial score (nSPS) is 18.7. The van der Waals surface area contributed by atoms with Gasteiger partial charge >= 0.3 is 0 Å². The second-order valence-corrected chi connectivity index (χ2v) is 6.03. The van der Waals surface area contributed by atoms with Crippen LogP contribution in [0.4, 0.5) is 0 Å². The third-order valence-electron chi connectivity index (χ3n) is 4.40. The van der Waals surface area contributed by atoms with Gasteiger partial charge < -0.3 is 4.74 Å². The van der Waals surface area contributed by atoms with E-state index in [-0.39, 0.29) is 6.10 Å². The van der Waals surface area contributed by atoms with E-state index in [9.17, 15) is 0 Å². The Morgan fingerprint density at radius 2 is 2.04 bits per heavy atom. The lowest BCUT2D eigenvalue weighted by atomic mass is 10.2. The molecule has 3 aromatic rings. The molecule has 0 saturated heterocycles. The van der Waals surface area contributed by atoms with Crippen molar-refractivity contribution in [3.63, 3.8) is 0 Å². The van der Waals surface area contributed by atoms with Crippen LogP contribution in [-0.2, 0) is 24.4 Å². The number of nitrogens with zero attached hydrogens (tertiary/aromatic N) is 4. The largest absolute Gasteiger partial charge is 0.378 e. The molecule has 5 heteroatoms. The number of pyridine rings is 1. The van der Waals surface area contributed by atoms with Crippen molar-refractivity contribution in [3.8, 4) is 0 Å². The second-order valence-electron chi connectivity index (χ2n) is 6.03. The minimum Gasteiger partial charge on any atom is -0.378 e. The summed E-state index contributed by atoms with van der Waals surface area (Å²) >= 11 is 0. The van der Waals surface area contributed by atoms with Crippen molar-refractivity contribution in [2.45, 2.75) is 25.7 Å². The lowest BCUT2D eigenvalue weighted by Gasteiger charge is -2.22. The highest BCUT2D eigenvalue weighted by Crippen LogP contribution is 2.17. The molecular weight excluding hydrogens is 288 g/mol. The monoisotopic (exact) mass is 308 g/mol. The number of fused-ring (bicyclic) bond motifs is 2. The van der Waals surface area contributed by atoms with Crippen LogP contribution in [-0.4, -0.2) is 39.4 Å². The third kappa shape index (κ3) is 2.98. The average molecular weight is 308 g/mol. The quantitative estimate of drug-likeness (QED) is 0.745. The minimum absolute atomic E-state index is 0.150. The van der Waals surface area contributed by atoms with Crippen LogP contribution in [0.15, 0.2) is 48.7 Å². The number of hydrogen-bond donors (Lipinski definition) is 0. The van der Waals surface area contributed by atoms with Crippen molar-refractivity contribution in [2.24, 2.45) is 0 Å². The molecule has 2 aromatic heterocycles. The van der Waals surface area contributed by atoms with Gasteiger partial charge in [0.05, 0.1) is 29.6 Å². The smallest absolute Gasteiger partial charge is 0.0894 e. The molecule has 1 aromatic carbocycles. The molecule has 5 nitrogen and oxygen atoms in total. The van der Waals surface area contributed by atoms with Gasteiger partial charge in [-0.25, -0.2) is 0 Å². The highest BCUT2D eigenvalue weighted by atomic mass is 16.5. The molecule has 4 rings (SSSR count). The van der Waals surface area contributed by atoms with E-state index in [2.05, 4.69) is 40.3 Å². The Labute approximate surface area is 135 Å². The highest BCUT2D eigenvalue weighted by Gasteiger charge is 2.22. The summed E-state index contributed by atoms with van der Waals surface area (Å²) < 4.78 is 7.66. The molecular formula is C18H20N4O. The van der Waals surface area contributed by atoms with Gasteiger partial charge in [0.25, 0.3) is 0 Å². The fourth-order valence-electron chi connectivity index (χ4n) is 3.19. The summed E-state index contributed by atoms with van der Waals surface area (Å²) in [5, 5.41) is 5.57. The molecule has 0 radical (unpaired) electrons. The van der Waals surface area contributed by atoms with Crippen molar-refractivity contribution in [1.29, 1.82) is 0 Å². The number of aromatic nitrogens is 3. The Hall–Kier alpha value is -2.24. The molecule has 1 aliphatic heterocycles. The van der Waals surface area contributed by atoms with Crippen molar-refractivity contribution < 1.29 is 4.74 Å². The Bertz CT molecular complexity index is 813. The average Bonchev–Trinajstić information content (AvgIpc) is 2.93. The van der Waals surface area contributed by atoms with Gasteiger partial charge in [0, 0.05) is 38.3 Å². The molecule has 0 fully saturated rings. The van der Waals surface area contributed by atoms with E-state index in [0.717, 1.165) is 37.4 Å². The van der Waals surface area contributed by atoms with Crippen molar-refractivity contribution in [2.75, 3.05) is 13.7 Å². The molecule has 3 heterocycles. The number of para-hydroxylation sites is 1. The molecule has 0 spiro atoms. The van der Waals surface area contributed by atoms with Gasteiger partial charge in [-0.1, -0.05) is 24.3 Å². The number of methoxy groups -OCH3 is 1. The zero-order valence-corrected chi connectivity index (χ0v) is 13.2. The molecule has 0 saturated carbocycles. The first kappa shape index (κ1) is 14.4. The zero-order valence-electron chi connectivity index (χ0n) is 13.2. The summed E-state index contributed by atoms with van der Waals surface area (Å²) in [5.41, 5.74) is 3.37. The van der Waals surface area contributed by atoms with E-state index in [0.29, 0.717) is 0 Å². The molecule has 1 atom stereocenters. The lowest BCUT2D eigenvalue weighted by molar-refractivity contribution is 0.0544. The van der Waals surface area contributed by atoms with Crippen LogP contribution in [0.2, 0.25) is 0 Å². The Balaban J connectivity index is 1.59. The maximum absolute atomic E-state index is 5.61. The standard InChI is InChI=1S/C18H20N4O/c1-23-17-12-21(11-16-8-9-19-22(16)13-17)10-15-7-6-14-4-2-3-5-18(14)20-15/h2-9,17H,10-13H2,1H3. The Kier molecular flexibility index (Phi) is 3.81. The molecule has 23 heavy (non-hydrogen) atoms. The molecule has 118 valence electrons. The molecule has 0 aliphatic carbocycles. The van der Waals surface area contributed by atoms with E-state index in [4.69, 9.17) is 9.72 Å². The van der Waals surface area contributed by atoms with Gasteiger partial charge in [-0.3, -0.25) is 14.6 Å². The fourth-order valence-corrected chi connectivity index (χ4v) is 3.19. The summed E-state index contributed by atoms with van der Waals surface area (Å²) in [5.74, 6) is 0. The van der Waals surface area contributed by atoms with Crippen LogP contribution >= 0.6 is 0 Å². The van der Waals surface area contributed by atoms with Crippen LogP contribution in [0.3, 0.4) is 0 Å². The summed E-state index contributed by atoms with van der Waals surface area (Å²) in [6, 6.07) is 14.6. The minimum atomic E-state index is 0.150. The van der Waals surface area contributed by atoms with Crippen LogP contribution in [0.1, 0.15) is 11.4 Å². The van der Waals surface area contributed by atoms with Gasteiger partial charge in [0.15, 0.2) is 0 Å². The summed E-state index contributed by atoms with van der Waals surface area (Å²) in [4.78, 5) is 7.17. The number of benzene rings is 1. The zero-order chi connectivity index (χ0) is 15.6. The van der Waals surface area contributed by atoms with Gasteiger partial charge in [-0.15, -0.1) is 0 Å². The van der Waals surface area contributed by atoms with Gasteiger partial charge in [-0.05, 0) is 18.2 Å². The predicted molar refractivity (Wildman–Crippen MR) is 88.9 cm³/mol. The molecule has 1 unspecified atom stereocenters. The lowest BCUT2D eigenvalue weighted by Crippen LogP contribution is -2.32. The van der Waals surface area contributed by atoms with Crippen molar-refractivity contribution >= 4 is 10.9 Å². The summed E-state index contributed by atoms with van der Waals surface area (Å²) in [7, 11) is 1.77. The van der Waals surface area contributed by atoms with Gasteiger partial charge in [0.1, 0.15) is 0 Å². The molecule has 0 amide bonds. The number of rotatable bonds is 3. The Morgan fingerprint density at radius 3 is 2.96 bits per heavy atom. The van der Waals surface area contributed by atoms with Crippen LogP contribution in [0.5, 0.6) is 0 Å². The SMILES string of the molecule is COC1CN(Cc2ccc3ccccc3n2)Cc2ccnn2C1. The van der Waals surface area contributed by atoms with E-state index >= 15 is 0 Å². The van der Waals surface area contributed by atoms with E-state index in [1.807, 2.05) is 23.0 Å². The number of ether oxygens (including phenoxy) is 1. The first-order chi connectivity index (χ1) is 11.3. The van der Waals surface area contributed by atoms with E-state index in [1.165, 1.54) is 11.1 Å². The first-order valence-corrected chi connectivity index (χ1v) is 7.92. The topological polar surface area (TPSA) is 43.2 Å². The Morgan fingerprint density at radius 1 is 1.13 bits per heavy atom. The van der Waals surface area contributed by atoms with E-state index in [1.54, 1.807) is 7.11 Å². The van der Waals surface area contributed by atoms with Crippen LogP contribution in [0.25, 0.3) is 10.9 Å². The molecule has 0 N–H and O–H groups in total. The molecule has 0 bridgehead atoms. The highest BCUT2D eigenvalue weighted by molar-refractivity contribution is 5.78. The maximum atomic E-state index is 5.61. The van der Waals surface area contributed by atoms with Crippen LogP contribution < -0.4 is 0 Å². The molecule has 1 aliphatic rings. The summed E-state index contributed by atoms with van der Waals surface area (Å²) in [6.07, 6.45) is 2.01. The van der Waals surface area contributed by atoms with Crippen molar-refractivity contribution in [1.82, 2.24) is 19.7 Å². The first-order valence-electron chi connectivity index (χ1n) is 7.92. The maximum Gasteiger partial charge on any atom is 0.0894 e. The van der Waals surface area contributed by atoms with Gasteiger partial charge in [0.2, 0.25) is 0 Å². The number of hydrogen-bond acceptors (Lipinski definition) is 4. The van der Waals surface area contributed by atoms with Gasteiger partial charge in [-0.2, -0.15) is 5.10 Å².